The summed E-state index contributed by atoms with van der Waals surface area (Å²) in [5.74, 6) is 0.968. The zero-order chi connectivity index (χ0) is 14.8. The largest absolute Gasteiger partial charge is 0.372 e. The first-order valence-electron chi connectivity index (χ1n) is 7.44. The van der Waals surface area contributed by atoms with Crippen LogP contribution in [-0.2, 0) is 0 Å². The van der Waals surface area contributed by atoms with Gasteiger partial charge in [-0.1, -0.05) is 18.2 Å². The molecule has 0 aliphatic heterocycles. The number of guanidine groups is 1. The fourth-order valence-electron chi connectivity index (χ4n) is 2.07. The molecule has 4 nitrogen and oxygen atoms in total. The van der Waals surface area contributed by atoms with Crippen molar-refractivity contribution in [1.82, 2.24) is 10.2 Å². The minimum absolute atomic E-state index is 0. The van der Waals surface area contributed by atoms with Crippen LogP contribution in [0.4, 0.5) is 5.69 Å². The van der Waals surface area contributed by atoms with Crippen molar-refractivity contribution < 1.29 is 0 Å². The highest BCUT2D eigenvalue weighted by Crippen LogP contribution is 2.12. The van der Waals surface area contributed by atoms with E-state index in [2.05, 4.69) is 59.4 Å². The molecule has 0 saturated carbocycles. The molecular weight excluding hydrogens is 375 g/mol. The summed E-state index contributed by atoms with van der Waals surface area (Å²) in [5, 5.41) is 3.28. The van der Waals surface area contributed by atoms with Crippen LogP contribution in [-0.4, -0.2) is 51.1 Å². The van der Waals surface area contributed by atoms with Crippen molar-refractivity contribution >= 4 is 35.6 Å². The van der Waals surface area contributed by atoms with Gasteiger partial charge in [-0.05, 0) is 32.4 Å². The standard InChI is InChI=1S/C16H28N4.HI/c1-5-17-16(19(3)4)18-13-10-14-20(6-2)15-11-8-7-9-12-15;/h7-9,11-12H,5-6,10,13-14H2,1-4H3,(H,17,18);1H. The Bertz CT molecular complexity index is 393. The molecule has 0 aliphatic carbocycles. The predicted molar refractivity (Wildman–Crippen MR) is 104 cm³/mol. The first kappa shape index (κ1) is 20.0. The van der Waals surface area contributed by atoms with Gasteiger partial charge in [0.2, 0.25) is 0 Å². The molecule has 0 radical (unpaired) electrons. The number of para-hydroxylation sites is 1. The highest BCUT2D eigenvalue weighted by molar-refractivity contribution is 14.0. The highest BCUT2D eigenvalue weighted by Gasteiger charge is 2.03. The number of halogens is 1. The maximum atomic E-state index is 4.62. The number of anilines is 1. The maximum absolute atomic E-state index is 4.62. The second-order valence-corrected chi connectivity index (χ2v) is 4.90. The Kier molecular flexibility index (Phi) is 11.1. The Labute approximate surface area is 146 Å². The van der Waals surface area contributed by atoms with E-state index in [-0.39, 0.29) is 24.0 Å². The van der Waals surface area contributed by atoms with E-state index in [4.69, 9.17) is 0 Å². The topological polar surface area (TPSA) is 30.9 Å². The average Bonchev–Trinajstić information content (AvgIpc) is 2.47. The van der Waals surface area contributed by atoms with Crippen LogP contribution in [0.5, 0.6) is 0 Å². The molecule has 0 fully saturated rings. The van der Waals surface area contributed by atoms with Crippen molar-refractivity contribution in [2.24, 2.45) is 4.99 Å². The number of nitrogens with one attached hydrogen (secondary N) is 1. The second-order valence-electron chi connectivity index (χ2n) is 4.90. The van der Waals surface area contributed by atoms with E-state index in [0.717, 1.165) is 38.6 Å². The maximum Gasteiger partial charge on any atom is 0.193 e. The van der Waals surface area contributed by atoms with Crippen LogP contribution in [0, 0.1) is 0 Å². The van der Waals surface area contributed by atoms with E-state index in [1.165, 1.54) is 5.69 Å². The van der Waals surface area contributed by atoms with Crippen LogP contribution in [0.2, 0.25) is 0 Å². The van der Waals surface area contributed by atoms with E-state index < -0.39 is 0 Å². The monoisotopic (exact) mass is 404 g/mol. The van der Waals surface area contributed by atoms with Crippen LogP contribution >= 0.6 is 24.0 Å². The average molecular weight is 404 g/mol. The lowest BCUT2D eigenvalue weighted by molar-refractivity contribution is 0.581. The molecule has 0 atom stereocenters. The Morgan fingerprint density at radius 2 is 1.81 bits per heavy atom. The third kappa shape index (κ3) is 7.55. The molecule has 1 aromatic carbocycles. The number of rotatable bonds is 7. The van der Waals surface area contributed by atoms with Gasteiger partial charge in [0, 0.05) is 46.0 Å². The molecule has 0 aromatic heterocycles. The molecule has 5 heteroatoms. The van der Waals surface area contributed by atoms with Crippen molar-refractivity contribution in [3.05, 3.63) is 30.3 Å². The zero-order valence-electron chi connectivity index (χ0n) is 13.7. The summed E-state index contributed by atoms with van der Waals surface area (Å²) in [6.07, 6.45) is 1.06. The zero-order valence-corrected chi connectivity index (χ0v) is 16.0. The third-order valence-corrected chi connectivity index (χ3v) is 3.11. The highest BCUT2D eigenvalue weighted by atomic mass is 127. The number of aliphatic imine (C=N–C) groups is 1. The van der Waals surface area contributed by atoms with Gasteiger partial charge in [-0.25, -0.2) is 0 Å². The van der Waals surface area contributed by atoms with E-state index in [1.807, 2.05) is 19.0 Å². The Balaban J connectivity index is 0.00000400. The molecule has 21 heavy (non-hydrogen) atoms. The molecular formula is C16H29IN4. The quantitative estimate of drug-likeness (QED) is 0.328. The Hall–Kier alpha value is -0.980. The van der Waals surface area contributed by atoms with Crippen molar-refractivity contribution in [3.8, 4) is 0 Å². The number of hydrogen-bond donors (Lipinski definition) is 1. The van der Waals surface area contributed by atoms with Crippen molar-refractivity contribution in [2.75, 3.05) is 45.2 Å². The second kappa shape index (κ2) is 11.7. The number of benzene rings is 1. The summed E-state index contributed by atoms with van der Waals surface area (Å²) in [6, 6.07) is 10.6. The van der Waals surface area contributed by atoms with E-state index in [1.54, 1.807) is 0 Å². The van der Waals surface area contributed by atoms with Crippen molar-refractivity contribution in [3.63, 3.8) is 0 Å². The first-order chi connectivity index (χ1) is 9.69. The summed E-state index contributed by atoms with van der Waals surface area (Å²) >= 11 is 0. The SMILES string of the molecule is CCNC(=NCCCN(CC)c1ccccc1)N(C)C.I. The van der Waals surface area contributed by atoms with Crippen LogP contribution in [0.1, 0.15) is 20.3 Å². The minimum Gasteiger partial charge on any atom is -0.372 e. The van der Waals surface area contributed by atoms with Gasteiger partial charge in [0.05, 0.1) is 0 Å². The fourth-order valence-corrected chi connectivity index (χ4v) is 2.07. The lowest BCUT2D eigenvalue weighted by atomic mass is 10.2. The molecule has 0 saturated heterocycles. The van der Waals surface area contributed by atoms with E-state index in [9.17, 15) is 0 Å². The van der Waals surface area contributed by atoms with Gasteiger partial charge in [-0.3, -0.25) is 4.99 Å². The predicted octanol–water partition coefficient (Wildman–Crippen LogP) is 3.05. The molecule has 0 aliphatic rings. The van der Waals surface area contributed by atoms with Gasteiger partial charge in [-0.15, -0.1) is 24.0 Å². The molecule has 0 heterocycles. The fraction of sp³-hybridized carbons (Fsp3) is 0.562. The molecule has 0 spiro atoms. The van der Waals surface area contributed by atoms with Gasteiger partial charge in [0.25, 0.3) is 0 Å². The summed E-state index contributed by atoms with van der Waals surface area (Å²) in [7, 11) is 4.04. The minimum atomic E-state index is 0. The van der Waals surface area contributed by atoms with E-state index in [0.29, 0.717) is 0 Å². The summed E-state index contributed by atoms with van der Waals surface area (Å²) in [6.45, 7) is 8.11. The summed E-state index contributed by atoms with van der Waals surface area (Å²) in [4.78, 5) is 9.03. The molecule has 120 valence electrons. The van der Waals surface area contributed by atoms with Gasteiger partial charge in [0.15, 0.2) is 5.96 Å². The lowest BCUT2D eigenvalue weighted by Gasteiger charge is -2.23. The van der Waals surface area contributed by atoms with Crippen LogP contribution in [0.3, 0.4) is 0 Å². The van der Waals surface area contributed by atoms with Crippen LogP contribution in [0.25, 0.3) is 0 Å². The van der Waals surface area contributed by atoms with E-state index >= 15 is 0 Å². The van der Waals surface area contributed by atoms with Crippen LogP contribution in [0.15, 0.2) is 35.3 Å². The van der Waals surface area contributed by atoms with Gasteiger partial charge >= 0.3 is 0 Å². The molecule has 0 unspecified atom stereocenters. The number of nitrogens with zero attached hydrogens (tertiary/aromatic N) is 3. The van der Waals surface area contributed by atoms with Crippen LogP contribution < -0.4 is 10.2 Å². The first-order valence-corrected chi connectivity index (χ1v) is 7.44. The third-order valence-electron chi connectivity index (χ3n) is 3.11. The normalized spacial score (nSPS) is 10.8. The van der Waals surface area contributed by atoms with Gasteiger partial charge in [0.1, 0.15) is 0 Å². The Morgan fingerprint density at radius 1 is 1.14 bits per heavy atom. The molecule has 0 amide bonds. The van der Waals surface area contributed by atoms with Crippen molar-refractivity contribution in [1.29, 1.82) is 0 Å². The van der Waals surface area contributed by atoms with Gasteiger partial charge < -0.3 is 15.1 Å². The van der Waals surface area contributed by atoms with Gasteiger partial charge in [-0.2, -0.15) is 0 Å². The Morgan fingerprint density at radius 3 is 2.33 bits per heavy atom. The van der Waals surface area contributed by atoms with Crippen molar-refractivity contribution in [2.45, 2.75) is 20.3 Å². The molecule has 1 rings (SSSR count). The molecule has 1 N–H and O–H groups in total. The molecule has 1 aromatic rings. The summed E-state index contributed by atoms with van der Waals surface area (Å²) in [5.41, 5.74) is 1.29. The molecule has 0 bridgehead atoms. The summed E-state index contributed by atoms with van der Waals surface area (Å²) < 4.78 is 0. The lowest BCUT2D eigenvalue weighted by Crippen LogP contribution is -2.36. The smallest absolute Gasteiger partial charge is 0.193 e. The number of hydrogen-bond acceptors (Lipinski definition) is 2.